The van der Waals surface area contributed by atoms with Crippen LogP contribution < -0.4 is 5.32 Å². The molecule has 1 aliphatic rings. The first-order valence-corrected chi connectivity index (χ1v) is 7.06. The van der Waals surface area contributed by atoms with Gasteiger partial charge in [0.25, 0.3) is 0 Å². The summed E-state index contributed by atoms with van der Waals surface area (Å²) in [6.45, 7) is 1.79. The largest absolute Gasteiger partial charge is 0.394 e. The van der Waals surface area contributed by atoms with Crippen LogP contribution in [0, 0.1) is 0 Å². The Bertz CT molecular complexity index is 426. The van der Waals surface area contributed by atoms with Crippen LogP contribution in [0.2, 0.25) is 0 Å². The van der Waals surface area contributed by atoms with E-state index in [1.807, 2.05) is 31.2 Å². The lowest BCUT2D eigenvalue weighted by atomic mass is 9.63. The molecule has 1 amide bonds. The molecule has 1 fully saturated rings. The Morgan fingerprint density at radius 2 is 2.06 bits per heavy atom. The second kappa shape index (κ2) is 5.41. The Hall–Kier alpha value is -0.870. The van der Waals surface area contributed by atoms with Gasteiger partial charge in [-0.25, -0.2) is 0 Å². The monoisotopic (exact) mass is 311 g/mol. The fraction of sp³-hybridized carbons (Fsp3) is 0.500. The summed E-state index contributed by atoms with van der Waals surface area (Å²) in [6, 6.07) is 7.76. The van der Waals surface area contributed by atoms with Crippen LogP contribution >= 0.6 is 15.9 Å². The molecule has 1 aromatic carbocycles. The van der Waals surface area contributed by atoms with Crippen LogP contribution in [0.3, 0.4) is 0 Å². The number of amides is 1. The van der Waals surface area contributed by atoms with E-state index >= 15 is 0 Å². The Morgan fingerprint density at radius 1 is 1.44 bits per heavy atom. The number of halogens is 1. The maximum atomic E-state index is 12.4. The van der Waals surface area contributed by atoms with Crippen molar-refractivity contribution in [2.45, 2.75) is 37.6 Å². The number of benzene rings is 1. The number of carbonyl (C=O) groups excluding carboxylic acids is 1. The third-order valence-corrected chi connectivity index (χ3v) is 4.22. The number of aliphatic hydroxyl groups is 1. The molecule has 2 rings (SSSR count). The number of rotatable bonds is 4. The summed E-state index contributed by atoms with van der Waals surface area (Å²) in [5.74, 6) is 0.0395. The van der Waals surface area contributed by atoms with Gasteiger partial charge in [-0.3, -0.25) is 4.79 Å². The minimum Gasteiger partial charge on any atom is -0.394 e. The molecule has 0 spiro atoms. The lowest BCUT2D eigenvalue weighted by molar-refractivity contribution is -0.130. The number of aliphatic hydroxyl groups excluding tert-OH is 1. The van der Waals surface area contributed by atoms with Gasteiger partial charge >= 0.3 is 0 Å². The highest BCUT2D eigenvalue weighted by molar-refractivity contribution is 9.10. The molecule has 1 aromatic rings. The van der Waals surface area contributed by atoms with E-state index in [1.54, 1.807) is 0 Å². The predicted molar refractivity (Wildman–Crippen MR) is 74.4 cm³/mol. The van der Waals surface area contributed by atoms with Crippen LogP contribution in [0.5, 0.6) is 0 Å². The molecule has 0 aromatic heterocycles. The molecule has 4 heteroatoms. The summed E-state index contributed by atoms with van der Waals surface area (Å²) in [5.41, 5.74) is 0.684. The molecule has 0 aliphatic heterocycles. The zero-order valence-corrected chi connectivity index (χ0v) is 12.0. The van der Waals surface area contributed by atoms with Crippen molar-refractivity contribution in [2.75, 3.05) is 6.61 Å². The number of hydrogen-bond donors (Lipinski definition) is 2. The minimum absolute atomic E-state index is 0.0256. The van der Waals surface area contributed by atoms with Gasteiger partial charge in [0, 0.05) is 10.5 Å². The van der Waals surface area contributed by atoms with Gasteiger partial charge < -0.3 is 10.4 Å². The first-order chi connectivity index (χ1) is 8.58. The molecule has 0 saturated heterocycles. The highest BCUT2D eigenvalue weighted by Crippen LogP contribution is 2.44. The third kappa shape index (κ3) is 2.45. The molecular weight excluding hydrogens is 294 g/mol. The Morgan fingerprint density at radius 3 is 2.50 bits per heavy atom. The molecule has 1 atom stereocenters. The summed E-state index contributed by atoms with van der Waals surface area (Å²) in [6.07, 6.45) is 2.86. The maximum Gasteiger partial charge on any atom is 0.230 e. The van der Waals surface area contributed by atoms with Gasteiger partial charge in [-0.2, -0.15) is 0 Å². The molecule has 18 heavy (non-hydrogen) atoms. The third-order valence-electron chi connectivity index (χ3n) is 3.69. The molecule has 0 heterocycles. The number of hydrogen-bond acceptors (Lipinski definition) is 2. The number of nitrogens with one attached hydrogen (secondary N) is 1. The quantitative estimate of drug-likeness (QED) is 0.897. The fourth-order valence-electron chi connectivity index (χ4n) is 2.35. The van der Waals surface area contributed by atoms with Crippen LogP contribution in [0.25, 0.3) is 0 Å². The van der Waals surface area contributed by atoms with E-state index in [0.29, 0.717) is 0 Å². The molecular formula is C14H18BrNO2. The number of carbonyl (C=O) groups is 1. The summed E-state index contributed by atoms with van der Waals surface area (Å²) >= 11 is 3.41. The minimum atomic E-state index is -0.385. The first kappa shape index (κ1) is 13.6. The van der Waals surface area contributed by atoms with Crippen molar-refractivity contribution < 1.29 is 9.90 Å². The van der Waals surface area contributed by atoms with E-state index in [9.17, 15) is 4.79 Å². The summed E-state index contributed by atoms with van der Waals surface area (Å²) in [5, 5.41) is 11.9. The van der Waals surface area contributed by atoms with Crippen molar-refractivity contribution in [1.82, 2.24) is 5.32 Å². The van der Waals surface area contributed by atoms with Crippen LogP contribution in [0.15, 0.2) is 28.7 Å². The smallest absolute Gasteiger partial charge is 0.230 e. The summed E-state index contributed by atoms with van der Waals surface area (Å²) in [7, 11) is 0. The maximum absolute atomic E-state index is 12.4. The zero-order chi connectivity index (χ0) is 13.2. The van der Waals surface area contributed by atoms with Crippen molar-refractivity contribution in [3.63, 3.8) is 0 Å². The summed E-state index contributed by atoms with van der Waals surface area (Å²) in [4.78, 5) is 12.4. The molecule has 1 saturated carbocycles. The van der Waals surface area contributed by atoms with Gasteiger partial charge in [-0.1, -0.05) is 34.5 Å². The average molecular weight is 312 g/mol. The highest BCUT2D eigenvalue weighted by atomic mass is 79.9. The van der Waals surface area contributed by atoms with Gasteiger partial charge in [-0.05, 0) is 37.5 Å². The highest BCUT2D eigenvalue weighted by Gasteiger charge is 2.45. The Labute approximate surface area is 116 Å². The molecule has 3 nitrogen and oxygen atoms in total. The van der Waals surface area contributed by atoms with Crippen molar-refractivity contribution in [1.29, 1.82) is 0 Å². The van der Waals surface area contributed by atoms with E-state index in [2.05, 4.69) is 21.2 Å². The normalized spacial score (nSPS) is 18.8. The van der Waals surface area contributed by atoms with Crippen LogP contribution in [-0.2, 0) is 10.2 Å². The van der Waals surface area contributed by atoms with Crippen molar-refractivity contribution in [3.05, 3.63) is 34.3 Å². The van der Waals surface area contributed by atoms with Crippen LogP contribution in [0.1, 0.15) is 31.7 Å². The Balaban J connectivity index is 2.20. The molecule has 98 valence electrons. The van der Waals surface area contributed by atoms with Gasteiger partial charge in [0.1, 0.15) is 0 Å². The first-order valence-electron chi connectivity index (χ1n) is 6.26. The van der Waals surface area contributed by atoms with E-state index in [4.69, 9.17) is 5.11 Å². The van der Waals surface area contributed by atoms with E-state index in [-0.39, 0.29) is 24.0 Å². The molecule has 0 radical (unpaired) electrons. The SMILES string of the molecule is CC(CO)NC(=O)C1(c2ccc(Br)cc2)CCC1. The molecule has 1 unspecified atom stereocenters. The zero-order valence-electron chi connectivity index (χ0n) is 10.4. The van der Waals surface area contributed by atoms with Gasteiger partial charge in [-0.15, -0.1) is 0 Å². The standard InChI is InChI=1S/C14H18BrNO2/c1-10(9-17)16-13(18)14(7-2-8-14)11-3-5-12(15)6-4-11/h3-6,10,17H,2,7-9H2,1H3,(H,16,18). The van der Waals surface area contributed by atoms with Gasteiger partial charge in [0.2, 0.25) is 5.91 Å². The lowest BCUT2D eigenvalue weighted by Gasteiger charge is -2.41. The predicted octanol–water partition coefficient (Wildman–Crippen LogP) is 2.37. The lowest BCUT2D eigenvalue weighted by Crippen LogP contribution is -2.52. The summed E-state index contributed by atoms with van der Waals surface area (Å²) < 4.78 is 1.02. The van der Waals surface area contributed by atoms with Crippen LogP contribution in [-0.4, -0.2) is 23.7 Å². The van der Waals surface area contributed by atoms with Crippen molar-refractivity contribution in [3.8, 4) is 0 Å². The topological polar surface area (TPSA) is 49.3 Å². The second-order valence-corrected chi connectivity index (χ2v) is 5.92. The van der Waals surface area contributed by atoms with Gasteiger partial charge in [0.05, 0.1) is 12.0 Å². The Kier molecular flexibility index (Phi) is 4.07. The second-order valence-electron chi connectivity index (χ2n) is 5.00. The van der Waals surface area contributed by atoms with E-state index < -0.39 is 0 Å². The average Bonchev–Trinajstić information content (AvgIpc) is 2.30. The van der Waals surface area contributed by atoms with E-state index in [1.165, 1.54) is 0 Å². The molecule has 0 bridgehead atoms. The van der Waals surface area contributed by atoms with Gasteiger partial charge in [0.15, 0.2) is 0 Å². The van der Waals surface area contributed by atoms with Crippen molar-refractivity contribution in [2.24, 2.45) is 0 Å². The molecule has 2 N–H and O–H groups in total. The fourth-order valence-corrected chi connectivity index (χ4v) is 2.62. The van der Waals surface area contributed by atoms with Crippen LogP contribution in [0.4, 0.5) is 0 Å². The molecule has 1 aliphatic carbocycles. The van der Waals surface area contributed by atoms with Crippen molar-refractivity contribution >= 4 is 21.8 Å². The van der Waals surface area contributed by atoms with E-state index in [0.717, 1.165) is 29.3 Å².